The number of rotatable bonds is 5. The highest BCUT2D eigenvalue weighted by Gasteiger charge is 2.33. The van der Waals surface area contributed by atoms with Gasteiger partial charge < -0.3 is 15.5 Å². The summed E-state index contributed by atoms with van der Waals surface area (Å²) >= 11 is 0.944. The smallest absolute Gasteiger partial charge is 0.369 e. The van der Waals surface area contributed by atoms with Gasteiger partial charge in [0.1, 0.15) is 10.8 Å². The minimum atomic E-state index is -4.44. The molecule has 0 bridgehead atoms. The number of benzene rings is 1. The van der Waals surface area contributed by atoms with Crippen LogP contribution in [-0.4, -0.2) is 36.6 Å². The number of nitrogens with zero attached hydrogens (tertiary/aromatic N) is 3. The summed E-state index contributed by atoms with van der Waals surface area (Å²) < 4.78 is 51.6. The Morgan fingerprint density at radius 2 is 2.21 bits per heavy atom. The number of hydrogen-bond donors (Lipinski definition) is 2. The molecule has 158 valence electrons. The molecule has 10 heteroatoms. The summed E-state index contributed by atoms with van der Waals surface area (Å²) in [4.78, 5) is 10.1. The third kappa shape index (κ3) is 6.06. The molecule has 1 aromatic heterocycles. The number of aliphatic imine (C=N–C) groups is 1. The number of anilines is 1. The molecular weight excluding hydrogens is 406 g/mol. The first-order chi connectivity index (χ1) is 13.8. The number of halogens is 4. The number of aromatic nitrogens is 1. The minimum absolute atomic E-state index is 0.0659. The average molecular weight is 429 g/mol. The number of guanidine groups is 1. The van der Waals surface area contributed by atoms with Crippen LogP contribution >= 0.6 is 11.3 Å². The molecule has 0 amide bonds. The van der Waals surface area contributed by atoms with Crippen molar-refractivity contribution in [3.05, 3.63) is 46.2 Å². The highest BCUT2D eigenvalue weighted by molar-refractivity contribution is 7.09. The van der Waals surface area contributed by atoms with Crippen molar-refractivity contribution in [2.24, 2.45) is 4.99 Å². The highest BCUT2D eigenvalue weighted by Crippen LogP contribution is 2.30. The zero-order valence-electron chi connectivity index (χ0n) is 16.0. The molecule has 1 fully saturated rings. The molecule has 3 rings (SSSR count). The quantitative estimate of drug-likeness (QED) is 0.428. The summed E-state index contributed by atoms with van der Waals surface area (Å²) in [6.07, 6.45) is -2.58. The van der Waals surface area contributed by atoms with E-state index < -0.39 is 11.9 Å². The topological polar surface area (TPSA) is 52.6 Å². The van der Waals surface area contributed by atoms with Gasteiger partial charge in [0.25, 0.3) is 0 Å². The van der Waals surface area contributed by atoms with Crippen LogP contribution in [0.1, 0.15) is 30.5 Å². The van der Waals surface area contributed by atoms with Crippen LogP contribution in [0.3, 0.4) is 0 Å². The van der Waals surface area contributed by atoms with Gasteiger partial charge >= 0.3 is 6.18 Å². The first-order valence-electron chi connectivity index (χ1n) is 9.42. The molecule has 2 aromatic rings. The van der Waals surface area contributed by atoms with Crippen LogP contribution in [0.5, 0.6) is 0 Å². The predicted molar refractivity (Wildman–Crippen MR) is 107 cm³/mol. The SMILES string of the molecule is CCNC(=NCc1nc(C(F)(F)F)cs1)NC1CCCN(c2cccc(F)c2)C1. The van der Waals surface area contributed by atoms with Gasteiger partial charge in [0.15, 0.2) is 11.7 Å². The molecule has 0 saturated carbocycles. The van der Waals surface area contributed by atoms with Crippen LogP contribution < -0.4 is 15.5 Å². The Balaban J connectivity index is 1.63. The van der Waals surface area contributed by atoms with Crippen molar-refractivity contribution in [2.75, 3.05) is 24.5 Å². The summed E-state index contributed by atoms with van der Waals surface area (Å²) in [5.74, 6) is 0.261. The number of nitrogens with one attached hydrogen (secondary N) is 2. The number of alkyl halides is 3. The molecule has 0 spiro atoms. The number of piperidine rings is 1. The molecule has 5 nitrogen and oxygen atoms in total. The third-order valence-electron chi connectivity index (χ3n) is 4.49. The van der Waals surface area contributed by atoms with E-state index in [-0.39, 0.29) is 18.4 Å². The average Bonchev–Trinajstić information content (AvgIpc) is 3.16. The lowest BCUT2D eigenvalue weighted by atomic mass is 10.0. The molecule has 1 atom stereocenters. The van der Waals surface area contributed by atoms with Crippen LogP contribution in [0.15, 0.2) is 34.6 Å². The van der Waals surface area contributed by atoms with E-state index in [0.29, 0.717) is 24.1 Å². The van der Waals surface area contributed by atoms with Crippen molar-refractivity contribution >= 4 is 23.0 Å². The van der Waals surface area contributed by atoms with Crippen LogP contribution in [0.25, 0.3) is 0 Å². The summed E-state index contributed by atoms with van der Waals surface area (Å²) in [6, 6.07) is 6.60. The van der Waals surface area contributed by atoms with Crippen molar-refractivity contribution in [2.45, 2.75) is 38.5 Å². The normalized spacial score (nSPS) is 18.0. The van der Waals surface area contributed by atoms with E-state index in [1.807, 2.05) is 13.0 Å². The van der Waals surface area contributed by atoms with E-state index in [1.165, 1.54) is 12.1 Å². The Morgan fingerprint density at radius 3 is 2.90 bits per heavy atom. The molecule has 1 aliphatic rings. The van der Waals surface area contributed by atoms with Gasteiger partial charge in [-0.05, 0) is 38.0 Å². The lowest BCUT2D eigenvalue weighted by molar-refractivity contribution is -0.140. The molecule has 1 unspecified atom stereocenters. The zero-order chi connectivity index (χ0) is 20.9. The van der Waals surface area contributed by atoms with Crippen LogP contribution in [0.4, 0.5) is 23.2 Å². The van der Waals surface area contributed by atoms with Crippen molar-refractivity contribution in [3.63, 3.8) is 0 Å². The van der Waals surface area contributed by atoms with Crippen molar-refractivity contribution in [1.29, 1.82) is 0 Å². The van der Waals surface area contributed by atoms with Gasteiger partial charge in [-0.3, -0.25) is 0 Å². The molecule has 2 N–H and O–H groups in total. The maximum Gasteiger partial charge on any atom is 0.434 e. The molecular formula is C19H23F4N5S. The first-order valence-corrected chi connectivity index (χ1v) is 10.3. The fourth-order valence-corrected chi connectivity index (χ4v) is 3.90. The Labute approximate surface area is 170 Å². The second-order valence-corrected chi connectivity index (χ2v) is 7.67. The van der Waals surface area contributed by atoms with Gasteiger partial charge in [-0.25, -0.2) is 14.4 Å². The Hall–Kier alpha value is -2.36. The summed E-state index contributed by atoms with van der Waals surface area (Å²) in [6.45, 7) is 4.13. The van der Waals surface area contributed by atoms with E-state index in [2.05, 4.69) is 25.5 Å². The van der Waals surface area contributed by atoms with Gasteiger partial charge in [-0.2, -0.15) is 13.2 Å². The van der Waals surface area contributed by atoms with Crippen LogP contribution in [0.2, 0.25) is 0 Å². The standard InChI is InChI=1S/C19H23F4N5S/c1-2-24-18(25-10-17-27-16(12-29-17)19(21,22)23)26-14-6-4-8-28(11-14)15-7-3-5-13(20)9-15/h3,5,7,9,12,14H,2,4,6,8,10-11H2,1H3,(H2,24,25,26). The lowest BCUT2D eigenvalue weighted by Gasteiger charge is -2.35. The minimum Gasteiger partial charge on any atom is -0.369 e. The van der Waals surface area contributed by atoms with Gasteiger partial charge in [0.05, 0.1) is 6.54 Å². The van der Waals surface area contributed by atoms with Gasteiger partial charge in [0, 0.05) is 36.7 Å². The fraction of sp³-hybridized carbons (Fsp3) is 0.474. The summed E-state index contributed by atoms with van der Waals surface area (Å²) in [5, 5.41) is 7.76. The van der Waals surface area contributed by atoms with E-state index in [9.17, 15) is 17.6 Å². The summed E-state index contributed by atoms with van der Waals surface area (Å²) in [5.41, 5.74) is -0.0513. The van der Waals surface area contributed by atoms with Gasteiger partial charge in [-0.1, -0.05) is 6.07 Å². The fourth-order valence-electron chi connectivity index (χ4n) is 3.18. The second kappa shape index (κ2) is 9.43. The number of thiazole rings is 1. The predicted octanol–water partition coefficient (Wildman–Crippen LogP) is 4.03. The maximum absolute atomic E-state index is 13.5. The molecule has 0 radical (unpaired) electrons. The second-order valence-electron chi connectivity index (χ2n) is 6.73. The zero-order valence-corrected chi connectivity index (χ0v) is 16.8. The molecule has 29 heavy (non-hydrogen) atoms. The van der Waals surface area contributed by atoms with Crippen molar-refractivity contribution < 1.29 is 17.6 Å². The van der Waals surface area contributed by atoms with E-state index >= 15 is 0 Å². The van der Waals surface area contributed by atoms with E-state index in [0.717, 1.165) is 41.8 Å². The molecule has 0 aliphatic carbocycles. The highest BCUT2D eigenvalue weighted by atomic mass is 32.1. The Morgan fingerprint density at radius 1 is 1.38 bits per heavy atom. The maximum atomic E-state index is 13.5. The van der Waals surface area contributed by atoms with Crippen LogP contribution in [0, 0.1) is 5.82 Å². The molecule has 1 aliphatic heterocycles. The number of hydrogen-bond acceptors (Lipinski definition) is 4. The monoisotopic (exact) mass is 429 g/mol. The third-order valence-corrected chi connectivity index (χ3v) is 5.33. The molecule has 1 aromatic carbocycles. The largest absolute Gasteiger partial charge is 0.434 e. The first kappa shape index (κ1) is 21.4. The van der Waals surface area contributed by atoms with Crippen molar-refractivity contribution in [1.82, 2.24) is 15.6 Å². The van der Waals surface area contributed by atoms with E-state index in [4.69, 9.17) is 0 Å². The summed E-state index contributed by atoms with van der Waals surface area (Å²) in [7, 11) is 0. The Kier molecular flexibility index (Phi) is 6.94. The van der Waals surface area contributed by atoms with Gasteiger partial charge in [0.2, 0.25) is 0 Å². The van der Waals surface area contributed by atoms with Crippen LogP contribution in [-0.2, 0) is 12.7 Å². The van der Waals surface area contributed by atoms with E-state index in [1.54, 1.807) is 6.07 Å². The Bertz CT molecular complexity index is 836. The van der Waals surface area contributed by atoms with Gasteiger partial charge in [-0.15, -0.1) is 11.3 Å². The lowest BCUT2D eigenvalue weighted by Crippen LogP contribution is -2.51. The molecule has 1 saturated heterocycles. The molecule has 2 heterocycles. The van der Waals surface area contributed by atoms with Crippen molar-refractivity contribution in [3.8, 4) is 0 Å².